The third kappa shape index (κ3) is 3.15. The lowest BCUT2D eigenvalue weighted by atomic mass is 10.1. The van der Waals surface area contributed by atoms with Crippen molar-refractivity contribution in [2.24, 2.45) is 0 Å². The molecule has 4 aromatic heterocycles. The van der Waals surface area contributed by atoms with Crippen molar-refractivity contribution in [2.45, 2.75) is 18.9 Å². The average molecular weight is 482 g/mol. The quantitative estimate of drug-likeness (QED) is 0.417. The summed E-state index contributed by atoms with van der Waals surface area (Å²) in [6.45, 7) is 0.658. The van der Waals surface area contributed by atoms with Crippen LogP contribution >= 0.6 is 11.6 Å². The van der Waals surface area contributed by atoms with E-state index in [0.29, 0.717) is 57.5 Å². The van der Waals surface area contributed by atoms with Gasteiger partial charge >= 0.3 is 0 Å². The lowest BCUT2D eigenvalue weighted by Gasteiger charge is -2.27. The summed E-state index contributed by atoms with van der Waals surface area (Å²) in [6.07, 6.45) is 6.27. The van der Waals surface area contributed by atoms with Crippen LogP contribution in [0.3, 0.4) is 0 Å². The molecule has 1 aromatic carbocycles. The standard InChI is InChI=1S/C24H16ClN9O/c25-17-6-8-33-20(17)24(35)34(16-4-1-3-14(9-16)10-26)22(31-33)18-5-2-7-32(18)23-19-15(11-27)12-28-21(19)29-13-30-23/h1,3-4,6,8-9,12-13,18H,2,5,7H2,(H,28,29,30)/t18-/m0/s1. The monoisotopic (exact) mass is 481 g/mol. The Bertz CT molecular complexity index is 1770. The number of aromatic nitrogens is 6. The Morgan fingerprint density at radius 1 is 1.17 bits per heavy atom. The van der Waals surface area contributed by atoms with E-state index in [1.54, 1.807) is 42.7 Å². The molecule has 1 aliphatic rings. The maximum Gasteiger partial charge on any atom is 0.284 e. The van der Waals surface area contributed by atoms with Gasteiger partial charge in [-0.1, -0.05) is 17.7 Å². The van der Waals surface area contributed by atoms with E-state index in [4.69, 9.17) is 16.7 Å². The smallest absolute Gasteiger partial charge is 0.284 e. The molecule has 11 heteroatoms. The molecule has 5 heterocycles. The highest BCUT2D eigenvalue weighted by Gasteiger charge is 2.34. The molecule has 1 N–H and O–H groups in total. The first-order chi connectivity index (χ1) is 17.1. The highest BCUT2D eigenvalue weighted by Crippen LogP contribution is 2.38. The molecular formula is C24H16ClN9O. The molecule has 0 radical (unpaired) electrons. The van der Waals surface area contributed by atoms with Crippen LogP contribution in [0, 0.1) is 22.7 Å². The highest BCUT2D eigenvalue weighted by molar-refractivity contribution is 6.33. The topological polar surface area (TPSA) is 132 Å². The third-order valence-electron chi connectivity index (χ3n) is 6.29. The lowest BCUT2D eigenvalue weighted by Crippen LogP contribution is -2.33. The molecule has 0 aliphatic carbocycles. The highest BCUT2D eigenvalue weighted by atomic mass is 35.5. The molecule has 5 aromatic rings. The van der Waals surface area contributed by atoms with Gasteiger partial charge in [0, 0.05) is 18.9 Å². The van der Waals surface area contributed by atoms with E-state index in [1.165, 1.54) is 15.4 Å². The first-order valence-electron chi connectivity index (χ1n) is 10.9. The molecule has 0 saturated carbocycles. The third-order valence-corrected chi connectivity index (χ3v) is 6.59. The van der Waals surface area contributed by atoms with Crippen molar-refractivity contribution in [1.82, 2.24) is 29.1 Å². The second-order valence-corrected chi connectivity index (χ2v) is 8.61. The Morgan fingerprint density at radius 2 is 2.06 bits per heavy atom. The fourth-order valence-electron chi connectivity index (χ4n) is 4.77. The van der Waals surface area contributed by atoms with Crippen LogP contribution in [0.5, 0.6) is 0 Å². The van der Waals surface area contributed by atoms with Crippen molar-refractivity contribution in [1.29, 1.82) is 10.5 Å². The number of hydrogen-bond acceptors (Lipinski definition) is 7. The Hall–Kier alpha value is -4.67. The van der Waals surface area contributed by atoms with E-state index in [2.05, 4.69) is 32.0 Å². The number of fused-ring (bicyclic) bond motifs is 2. The number of nitrogens with zero attached hydrogens (tertiary/aromatic N) is 8. The van der Waals surface area contributed by atoms with Gasteiger partial charge in [-0.05, 0) is 37.1 Å². The van der Waals surface area contributed by atoms with Gasteiger partial charge in [-0.2, -0.15) is 15.6 Å². The number of anilines is 1. The van der Waals surface area contributed by atoms with Crippen LogP contribution in [0.25, 0.3) is 22.2 Å². The summed E-state index contributed by atoms with van der Waals surface area (Å²) in [5, 5.41) is 24.8. The maximum atomic E-state index is 13.7. The van der Waals surface area contributed by atoms with Crippen LogP contribution < -0.4 is 10.5 Å². The van der Waals surface area contributed by atoms with Crippen molar-refractivity contribution >= 4 is 34.0 Å². The number of rotatable bonds is 3. The summed E-state index contributed by atoms with van der Waals surface area (Å²) < 4.78 is 3.01. The van der Waals surface area contributed by atoms with E-state index in [-0.39, 0.29) is 17.1 Å². The number of aromatic amines is 1. The number of halogens is 1. The fraction of sp³-hybridized carbons (Fsp3) is 0.167. The first kappa shape index (κ1) is 20.9. The molecular weight excluding hydrogens is 466 g/mol. The van der Waals surface area contributed by atoms with Gasteiger partial charge in [0.05, 0.1) is 39.3 Å². The molecule has 1 saturated heterocycles. The minimum Gasteiger partial charge on any atom is -0.346 e. The predicted molar refractivity (Wildman–Crippen MR) is 128 cm³/mol. The Balaban J connectivity index is 1.61. The SMILES string of the molecule is N#Cc1cccc(-n2c([C@@H]3CCCN3c3ncnc4[nH]cc(C#N)c34)nn3ccc(Cl)c3c2=O)c1. The maximum absolute atomic E-state index is 13.7. The summed E-state index contributed by atoms with van der Waals surface area (Å²) in [4.78, 5) is 27.6. The Morgan fingerprint density at radius 3 is 2.89 bits per heavy atom. The van der Waals surface area contributed by atoms with Crippen LogP contribution in [0.1, 0.15) is 35.8 Å². The van der Waals surface area contributed by atoms with Gasteiger partial charge in [-0.25, -0.2) is 14.5 Å². The Kier molecular flexibility index (Phi) is 4.76. The van der Waals surface area contributed by atoms with Crippen molar-refractivity contribution in [3.63, 3.8) is 0 Å². The van der Waals surface area contributed by atoms with Crippen LogP contribution in [-0.4, -0.2) is 35.7 Å². The summed E-state index contributed by atoms with van der Waals surface area (Å²) in [5.41, 5.74) is 1.88. The van der Waals surface area contributed by atoms with E-state index in [9.17, 15) is 15.3 Å². The average Bonchev–Trinajstić information content (AvgIpc) is 3.62. The van der Waals surface area contributed by atoms with Gasteiger partial charge in [-0.3, -0.25) is 9.36 Å². The van der Waals surface area contributed by atoms with E-state index in [1.807, 2.05) is 0 Å². The molecule has 0 spiro atoms. The second kappa shape index (κ2) is 7.97. The van der Waals surface area contributed by atoms with Gasteiger partial charge in [0.2, 0.25) is 0 Å². The normalized spacial score (nSPS) is 15.5. The minimum atomic E-state index is -0.334. The molecule has 1 fully saturated rings. The number of hydrogen-bond donors (Lipinski definition) is 1. The van der Waals surface area contributed by atoms with Crippen molar-refractivity contribution in [3.05, 3.63) is 81.4 Å². The van der Waals surface area contributed by atoms with E-state index >= 15 is 0 Å². The molecule has 1 atom stereocenters. The van der Waals surface area contributed by atoms with Gasteiger partial charge in [0.1, 0.15) is 29.4 Å². The second-order valence-electron chi connectivity index (χ2n) is 8.20. The van der Waals surface area contributed by atoms with Gasteiger partial charge < -0.3 is 9.88 Å². The largest absolute Gasteiger partial charge is 0.346 e. The Labute approximate surface area is 203 Å². The fourth-order valence-corrected chi connectivity index (χ4v) is 4.99. The summed E-state index contributed by atoms with van der Waals surface area (Å²) in [5.74, 6) is 1.09. The molecule has 35 heavy (non-hydrogen) atoms. The van der Waals surface area contributed by atoms with Crippen molar-refractivity contribution < 1.29 is 0 Å². The molecule has 1 aliphatic heterocycles. The van der Waals surface area contributed by atoms with Gasteiger partial charge in [-0.15, -0.1) is 0 Å². The zero-order valence-electron chi connectivity index (χ0n) is 18.2. The zero-order valence-corrected chi connectivity index (χ0v) is 18.9. The molecule has 0 amide bonds. The zero-order chi connectivity index (χ0) is 24.1. The van der Waals surface area contributed by atoms with Crippen molar-refractivity contribution in [3.8, 4) is 17.8 Å². The molecule has 170 valence electrons. The summed E-state index contributed by atoms with van der Waals surface area (Å²) in [7, 11) is 0. The van der Waals surface area contributed by atoms with E-state index < -0.39 is 0 Å². The number of nitrogens with one attached hydrogen (secondary N) is 1. The summed E-state index contributed by atoms with van der Waals surface area (Å²) in [6, 6.07) is 12.5. The summed E-state index contributed by atoms with van der Waals surface area (Å²) >= 11 is 6.33. The van der Waals surface area contributed by atoms with Crippen LogP contribution in [0.15, 0.2) is 53.8 Å². The van der Waals surface area contributed by atoms with Crippen LogP contribution in [-0.2, 0) is 0 Å². The van der Waals surface area contributed by atoms with Crippen LogP contribution in [0.2, 0.25) is 5.02 Å². The van der Waals surface area contributed by atoms with Crippen LogP contribution in [0.4, 0.5) is 5.82 Å². The van der Waals surface area contributed by atoms with E-state index in [0.717, 1.165) is 6.42 Å². The first-order valence-corrected chi connectivity index (χ1v) is 11.3. The minimum absolute atomic E-state index is 0.254. The lowest BCUT2D eigenvalue weighted by molar-refractivity contribution is 0.602. The number of H-pyrrole nitrogens is 1. The van der Waals surface area contributed by atoms with Crippen molar-refractivity contribution in [2.75, 3.05) is 11.4 Å². The van der Waals surface area contributed by atoms with Gasteiger partial charge in [0.15, 0.2) is 5.82 Å². The molecule has 0 unspecified atom stereocenters. The predicted octanol–water partition coefficient (Wildman–Crippen LogP) is 3.49. The van der Waals surface area contributed by atoms with Gasteiger partial charge in [0.25, 0.3) is 5.56 Å². The molecule has 0 bridgehead atoms. The number of nitriles is 2. The number of benzene rings is 1. The molecule has 6 rings (SSSR count). The molecule has 10 nitrogen and oxygen atoms in total.